The van der Waals surface area contributed by atoms with Crippen molar-refractivity contribution in [3.05, 3.63) is 69.3 Å². The van der Waals surface area contributed by atoms with E-state index in [1.54, 1.807) is 6.20 Å². The van der Waals surface area contributed by atoms with Gasteiger partial charge in [-0.2, -0.15) is 0 Å². The summed E-state index contributed by atoms with van der Waals surface area (Å²) in [6, 6.07) is 7.72. The van der Waals surface area contributed by atoms with Crippen LogP contribution in [0.15, 0.2) is 52.3 Å². The van der Waals surface area contributed by atoms with E-state index in [9.17, 15) is 24.0 Å². The van der Waals surface area contributed by atoms with Crippen LogP contribution in [-0.2, 0) is 30.2 Å². The molecule has 3 aromatic rings. The molecule has 224 valence electrons. The molecule has 0 aliphatic carbocycles. The lowest BCUT2D eigenvalue weighted by molar-refractivity contribution is -0.129. The molecule has 0 spiro atoms. The van der Waals surface area contributed by atoms with E-state index in [1.165, 1.54) is 19.0 Å². The Kier molecular flexibility index (Phi) is 9.60. The summed E-state index contributed by atoms with van der Waals surface area (Å²) in [5.41, 5.74) is -0.587. The average molecular weight is 580 g/mol. The summed E-state index contributed by atoms with van der Waals surface area (Å²) >= 11 is 0. The molecule has 1 aliphatic heterocycles. The highest BCUT2D eigenvalue weighted by Gasteiger charge is 2.26. The second-order valence-corrected chi connectivity index (χ2v) is 10.7. The van der Waals surface area contributed by atoms with Crippen molar-refractivity contribution in [2.45, 2.75) is 39.3 Å². The number of fused-ring (bicyclic) bond motifs is 4. The molecule has 2 bridgehead atoms. The summed E-state index contributed by atoms with van der Waals surface area (Å²) in [7, 11) is 2.71. The molecule has 42 heavy (non-hydrogen) atoms. The molecular formula is C29H37N7O6. The molecule has 0 unspecified atom stereocenters. The first kappa shape index (κ1) is 30.3. The SMILES string of the molecule is CC(C)C[C@H]1NC(=O)CN(C(=O)c2cc(=O)n(C)c(=O)n2C)CCCOc2cccc(c2)-c2nccn2CCNC1=O. The lowest BCUT2D eigenvalue weighted by atomic mass is 10.0. The zero-order valence-electron chi connectivity index (χ0n) is 24.3. The number of carbonyl (C=O) groups is 3. The van der Waals surface area contributed by atoms with Gasteiger partial charge in [-0.05, 0) is 30.9 Å². The van der Waals surface area contributed by atoms with Crippen molar-refractivity contribution in [2.75, 3.05) is 26.2 Å². The van der Waals surface area contributed by atoms with Crippen LogP contribution in [0.1, 0.15) is 37.2 Å². The topological polar surface area (TPSA) is 150 Å². The van der Waals surface area contributed by atoms with Gasteiger partial charge in [0.15, 0.2) is 0 Å². The van der Waals surface area contributed by atoms with E-state index in [-0.39, 0.29) is 37.2 Å². The van der Waals surface area contributed by atoms with E-state index in [2.05, 4.69) is 15.6 Å². The number of amides is 3. The predicted octanol–water partition coefficient (Wildman–Crippen LogP) is 0.520. The molecule has 0 fully saturated rings. The van der Waals surface area contributed by atoms with Crippen LogP contribution in [0.2, 0.25) is 0 Å². The van der Waals surface area contributed by atoms with Gasteiger partial charge < -0.3 is 24.8 Å². The molecule has 1 atom stereocenters. The van der Waals surface area contributed by atoms with Crippen molar-refractivity contribution in [1.82, 2.24) is 34.2 Å². The van der Waals surface area contributed by atoms with Crippen molar-refractivity contribution in [3.8, 4) is 17.1 Å². The number of carbonyl (C=O) groups excluding carboxylic acids is 3. The smallest absolute Gasteiger partial charge is 0.331 e. The Hall–Kier alpha value is -4.68. The molecule has 13 heteroatoms. The van der Waals surface area contributed by atoms with Gasteiger partial charge in [-0.15, -0.1) is 0 Å². The van der Waals surface area contributed by atoms with Crippen LogP contribution < -0.4 is 26.6 Å². The Balaban J connectivity index is 1.64. The Morgan fingerprint density at radius 1 is 1.10 bits per heavy atom. The molecule has 0 saturated heterocycles. The normalized spacial score (nSPS) is 17.0. The lowest BCUT2D eigenvalue weighted by Crippen LogP contribution is -2.51. The van der Waals surface area contributed by atoms with Crippen molar-refractivity contribution in [2.24, 2.45) is 20.0 Å². The number of hydrogen-bond donors (Lipinski definition) is 2. The lowest BCUT2D eigenvalue weighted by Gasteiger charge is -2.26. The third kappa shape index (κ3) is 7.14. The third-order valence-corrected chi connectivity index (χ3v) is 7.03. The van der Waals surface area contributed by atoms with E-state index in [0.717, 1.165) is 26.6 Å². The maximum atomic E-state index is 13.6. The minimum atomic E-state index is -0.816. The predicted molar refractivity (Wildman–Crippen MR) is 155 cm³/mol. The monoisotopic (exact) mass is 579 g/mol. The van der Waals surface area contributed by atoms with E-state index < -0.39 is 29.1 Å². The molecule has 0 radical (unpaired) electrons. The Morgan fingerprint density at radius 3 is 2.64 bits per heavy atom. The summed E-state index contributed by atoms with van der Waals surface area (Å²) < 4.78 is 9.86. The maximum absolute atomic E-state index is 13.6. The second-order valence-electron chi connectivity index (χ2n) is 10.7. The Morgan fingerprint density at radius 2 is 1.88 bits per heavy atom. The summed E-state index contributed by atoms with van der Waals surface area (Å²) in [6.45, 7) is 4.62. The zero-order valence-corrected chi connectivity index (χ0v) is 24.3. The number of aromatic nitrogens is 4. The molecule has 0 saturated carbocycles. The fraction of sp³-hybridized carbons (Fsp3) is 0.448. The Labute approximate surface area is 243 Å². The van der Waals surface area contributed by atoms with E-state index >= 15 is 0 Å². The molecule has 3 heterocycles. The minimum absolute atomic E-state index is 0.0980. The van der Waals surface area contributed by atoms with Gasteiger partial charge in [-0.1, -0.05) is 26.0 Å². The number of nitrogens with one attached hydrogen (secondary N) is 2. The number of ether oxygens (including phenoxy) is 1. The van der Waals surface area contributed by atoms with Crippen molar-refractivity contribution < 1.29 is 19.1 Å². The van der Waals surface area contributed by atoms with Crippen LogP contribution in [-0.4, -0.2) is 73.6 Å². The largest absolute Gasteiger partial charge is 0.494 e. The molecule has 2 N–H and O–H groups in total. The van der Waals surface area contributed by atoms with Crippen LogP contribution in [0.3, 0.4) is 0 Å². The van der Waals surface area contributed by atoms with E-state index in [0.29, 0.717) is 31.7 Å². The molecule has 1 aromatic carbocycles. The number of nitrogens with zero attached hydrogens (tertiary/aromatic N) is 5. The maximum Gasteiger partial charge on any atom is 0.331 e. The van der Waals surface area contributed by atoms with Crippen LogP contribution in [0.25, 0.3) is 11.4 Å². The summed E-state index contributed by atoms with van der Waals surface area (Å²) in [5.74, 6) is -0.0876. The highest BCUT2D eigenvalue weighted by Crippen LogP contribution is 2.23. The number of hydrogen-bond acceptors (Lipinski definition) is 7. The van der Waals surface area contributed by atoms with Crippen molar-refractivity contribution >= 4 is 17.7 Å². The molecular weight excluding hydrogens is 542 g/mol. The van der Waals surface area contributed by atoms with Crippen LogP contribution in [0.4, 0.5) is 0 Å². The summed E-state index contributed by atoms with van der Waals surface area (Å²) in [6.07, 6.45) is 4.28. The van der Waals surface area contributed by atoms with E-state index in [1.807, 2.05) is 48.9 Å². The highest BCUT2D eigenvalue weighted by atomic mass is 16.5. The average Bonchev–Trinajstić information content (AvgIpc) is 3.42. The molecule has 4 rings (SSSR count). The van der Waals surface area contributed by atoms with Gasteiger partial charge in [0.25, 0.3) is 11.5 Å². The Bertz CT molecular complexity index is 1570. The van der Waals surface area contributed by atoms with Gasteiger partial charge in [0.2, 0.25) is 11.8 Å². The number of benzene rings is 1. The number of imidazole rings is 1. The molecule has 13 nitrogen and oxygen atoms in total. The standard InChI is InChI=1S/C29H37N7O6/c1-19(2)15-22-27(39)31-10-13-35-12-9-30-26(35)20-7-5-8-21(16-20)42-14-6-11-36(18-24(37)32-22)28(40)23-17-25(38)34(4)29(41)33(23)3/h5,7-9,12,16-17,19,22H,6,10-11,13-15,18H2,1-4H3,(H,31,39)(H,32,37)/t22-/m1/s1. The first-order valence-electron chi connectivity index (χ1n) is 13.9. The summed E-state index contributed by atoms with van der Waals surface area (Å²) in [4.78, 5) is 70.5. The first-order chi connectivity index (χ1) is 20.0. The van der Waals surface area contributed by atoms with Crippen molar-refractivity contribution in [3.63, 3.8) is 0 Å². The van der Waals surface area contributed by atoms with Gasteiger partial charge in [0.1, 0.15) is 23.3 Å². The summed E-state index contributed by atoms with van der Waals surface area (Å²) in [5, 5.41) is 5.68. The molecule has 3 amide bonds. The van der Waals surface area contributed by atoms with Crippen LogP contribution in [0.5, 0.6) is 5.75 Å². The second kappa shape index (κ2) is 13.3. The molecule has 1 aliphatic rings. The zero-order chi connectivity index (χ0) is 30.4. The third-order valence-electron chi connectivity index (χ3n) is 7.03. The highest BCUT2D eigenvalue weighted by molar-refractivity contribution is 5.96. The van der Waals surface area contributed by atoms with Crippen LogP contribution in [0, 0.1) is 5.92 Å². The fourth-order valence-corrected chi connectivity index (χ4v) is 4.81. The van der Waals surface area contributed by atoms with Gasteiger partial charge in [0, 0.05) is 57.8 Å². The quantitative estimate of drug-likeness (QED) is 0.459. The minimum Gasteiger partial charge on any atom is -0.494 e. The fourth-order valence-electron chi connectivity index (χ4n) is 4.81. The number of rotatable bonds is 3. The van der Waals surface area contributed by atoms with Gasteiger partial charge in [-0.3, -0.25) is 28.3 Å². The van der Waals surface area contributed by atoms with Gasteiger partial charge in [-0.25, -0.2) is 9.78 Å². The van der Waals surface area contributed by atoms with Gasteiger partial charge >= 0.3 is 5.69 Å². The van der Waals surface area contributed by atoms with Crippen molar-refractivity contribution in [1.29, 1.82) is 0 Å². The van der Waals surface area contributed by atoms with Crippen LogP contribution >= 0.6 is 0 Å². The van der Waals surface area contributed by atoms with E-state index in [4.69, 9.17) is 4.74 Å². The first-order valence-corrected chi connectivity index (χ1v) is 13.9. The van der Waals surface area contributed by atoms with Gasteiger partial charge in [0.05, 0.1) is 13.2 Å². The molecule has 2 aromatic heterocycles.